The van der Waals surface area contributed by atoms with Gasteiger partial charge in [0.05, 0.1) is 14.2 Å². The lowest BCUT2D eigenvalue weighted by atomic mass is 10.1. The number of nitrogens with zero attached hydrogens (tertiary/aromatic N) is 2. The number of nitrogens with one attached hydrogen (secondary N) is 2. The third kappa shape index (κ3) is 6.12. The predicted molar refractivity (Wildman–Crippen MR) is 103 cm³/mol. The van der Waals surface area contributed by atoms with E-state index in [0.29, 0.717) is 12.5 Å². The third-order valence-corrected chi connectivity index (χ3v) is 4.55. The van der Waals surface area contributed by atoms with Gasteiger partial charge in [-0.3, -0.25) is 4.99 Å². The molecule has 0 radical (unpaired) electrons. The van der Waals surface area contributed by atoms with Gasteiger partial charge in [-0.2, -0.15) is 0 Å². The van der Waals surface area contributed by atoms with Crippen LogP contribution in [0.5, 0.6) is 11.5 Å². The van der Waals surface area contributed by atoms with Gasteiger partial charge >= 0.3 is 0 Å². The van der Waals surface area contributed by atoms with E-state index in [-0.39, 0.29) is 0 Å². The highest BCUT2D eigenvalue weighted by Crippen LogP contribution is 2.24. The van der Waals surface area contributed by atoms with E-state index in [0.717, 1.165) is 36.1 Å². The summed E-state index contributed by atoms with van der Waals surface area (Å²) in [6, 6.07) is 5.84. The molecule has 0 aromatic heterocycles. The molecule has 1 fully saturated rings. The smallest absolute Gasteiger partial charge is 0.191 e. The zero-order chi connectivity index (χ0) is 18.1. The van der Waals surface area contributed by atoms with Crippen molar-refractivity contribution in [3.8, 4) is 11.5 Å². The van der Waals surface area contributed by atoms with Gasteiger partial charge in [-0.25, -0.2) is 0 Å². The molecule has 1 aliphatic rings. The molecule has 25 heavy (non-hydrogen) atoms. The molecule has 1 atom stereocenters. The summed E-state index contributed by atoms with van der Waals surface area (Å²) < 4.78 is 10.7. The lowest BCUT2D eigenvalue weighted by molar-refractivity contribution is 0.287. The lowest BCUT2D eigenvalue weighted by Gasteiger charge is -2.21. The Hall–Kier alpha value is -1.95. The Kier molecular flexibility index (Phi) is 7.85. The Balaban J connectivity index is 1.79. The average molecular weight is 348 g/mol. The maximum Gasteiger partial charge on any atom is 0.191 e. The van der Waals surface area contributed by atoms with E-state index in [1.54, 1.807) is 21.3 Å². The van der Waals surface area contributed by atoms with Gasteiger partial charge in [0.25, 0.3) is 0 Å². The third-order valence-electron chi connectivity index (χ3n) is 4.55. The monoisotopic (exact) mass is 348 g/mol. The lowest BCUT2D eigenvalue weighted by Crippen LogP contribution is -2.41. The topological polar surface area (TPSA) is 58.1 Å². The molecule has 0 aliphatic carbocycles. The summed E-state index contributed by atoms with van der Waals surface area (Å²) in [4.78, 5) is 6.86. The number of hydrogen-bond donors (Lipinski definition) is 2. The van der Waals surface area contributed by atoms with Gasteiger partial charge in [0, 0.05) is 38.3 Å². The molecule has 0 saturated carbocycles. The standard InChI is InChI=1S/C19H32N4O2/c1-15(14-23-9-5-6-10-23)12-21-19(20-2)22-13-16-7-8-17(24-3)11-18(16)25-4/h7-8,11,15H,5-6,9-10,12-14H2,1-4H3,(H2,20,21,22). The Bertz CT molecular complexity index is 556. The van der Waals surface area contributed by atoms with E-state index >= 15 is 0 Å². The Labute approximate surface area is 151 Å². The van der Waals surface area contributed by atoms with Gasteiger partial charge in [0.1, 0.15) is 11.5 Å². The molecule has 6 heteroatoms. The molecular formula is C19H32N4O2. The number of ether oxygens (including phenoxy) is 2. The highest BCUT2D eigenvalue weighted by Gasteiger charge is 2.15. The van der Waals surface area contributed by atoms with Gasteiger partial charge in [0.15, 0.2) is 5.96 Å². The summed E-state index contributed by atoms with van der Waals surface area (Å²) in [5.41, 5.74) is 1.07. The molecule has 1 aromatic rings. The van der Waals surface area contributed by atoms with E-state index < -0.39 is 0 Å². The highest BCUT2D eigenvalue weighted by molar-refractivity contribution is 5.79. The molecule has 0 spiro atoms. The molecule has 2 rings (SSSR count). The fraction of sp³-hybridized carbons (Fsp3) is 0.632. The molecule has 2 N–H and O–H groups in total. The second-order valence-electron chi connectivity index (χ2n) is 6.60. The van der Waals surface area contributed by atoms with Gasteiger partial charge in [0.2, 0.25) is 0 Å². The fourth-order valence-electron chi connectivity index (χ4n) is 3.14. The second kappa shape index (κ2) is 10.1. The van der Waals surface area contributed by atoms with Crippen molar-refractivity contribution < 1.29 is 9.47 Å². The summed E-state index contributed by atoms with van der Waals surface area (Å²) in [5.74, 6) is 3.00. The van der Waals surface area contributed by atoms with Crippen LogP contribution in [-0.4, -0.2) is 58.3 Å². The number of hydrogen-bond acceptors (Lipinski definition) is 4. The van der Waals surface area contributed by atoms with E-state index in [9.17, 15) is 0 Å². The minimum atomic E-state index is 0.590. The molecule has 1 aromatic carbocycles. The highest BCUT2D eigenvalue weighted by atomic mass is 16.5. The predicted octanol–water partition coefficient (Wildman–Crippen LogP) is 2.10. The maximum atomic E-state index is 5.44. The number of benzene rings is 1. The fourth-order valence-corrected chi connectivity index (χ4v) is 3.14. The van der Waals surface area contributed by atoms with Gasteiger partial charge in [-0.1, -0.05) is 6.92 Å². The van der Waals surface area contributed by atoms with Crippen molar-refractivity contribution in [3.05, 3.63) is 23.8 Å². The summed E-state index contributed by atoms with van der Waals surface area (Å²) in [6.07, 6.45) is 2.68. The SMILES string of the molecule is CN=C(NCc1ccc(OC)cc1OC)NCC(C)CN1CCCC1. The molecule has 1 unspecified atom stereocenters. The van der Waals surface area contributed by atoms with E-state index in [1.807, 2.05) is 18.2 Å². The molecule has 0 amide bonds. The first-order chi connectivity index (χ1) is 12.2. The van der Waals surface area contributed by atoms with Crippen LogP contribution in [0.3, 0.4) is 0 Å². The van der Waals surface area contributed by atoms with Crippen molar-refractivity contribution in [2.24, 2.45) is 10.9 Å². The average Bonchev–Trinajstić information content (AvgIpc) is 3.14. The first kappa shape index (κ1) is 19.4. The van der Waals surface area contributed by atoms with E-state index in [1.165, 1.54) is 25.9 Å². The van der Waals surface area contributed by atoms with Crippen LogP contribution in [0.25, 0.3) is 0 Å². The Morgan fingerprint density at radius 2 is 1.96 bits per heavy atom. The quantitative estimate of drug-likeness (QED) is 0.557. The Morgan fingerprint density at radius 1 is 1.20 bits per heavy atom. The second-order valence-corrected chi connectivity index (χ2v) is 6.60. The van der Waals surface area contributed by atoms with E-state index in [2.05, 4.69) is 27.4 Å². The summed E-state index contributed by atoms with van der Waals surface area (Å²) in [5, 5.41) is 6.77. The van der Waals surface area contributed by atoms with Crippen molar-refractivity contribution >= 4 is 5.96 Å². The van der Waals surface area contributed by atoms with Gasteiger partial charge in [-0.05, 0) is 44.0 Å². The largest absolute Gasteiger partial charge is 0.497 e. The molecule has 6 nitrogen and oxygen atoms in total. The zero-order valence-corrected chi connectivity index (χ0v) is 16.0. The summed E-state index contributed by atoms with van der Waals surface area (Å²) in [6.45, 7) is 7.48. The minimum Gasteiger partial charge on any atom is -0.497 e. The van der Waals surface area contributed by atoms with Gasteiger partial charge < -0.3 is 25.0 Å². The molecular weight excluding hydrogens is 316 g/mol. The van der Waals surface area contributed by atoms with Crippen LogP contribution in [0.1, 0.15) is 25.3 Å². The molecule has 1 aliphatic heterocycles. The molecule has 1 heterocycles. The van der Waals surface area contributed by atoms with Crippen molar-refractivity contribution in [3.63, 3.8) is 0 Å². The van der Waals surface area contributed by atoms with Crippen LogP contribution < -0.4 is 20.1 Å². The first-order valence-electron chi connectivity index (χ1n) is 9.04. The molecule has 0 bridgehead atoms. The van der Waals surface area contributed by atoms with E-state index in [4.69, 9.17) is 9.47 Å². The molecule has 140 valence electrons. The number of guanidine groups is 1. The van der Waals surface area contributed by atoms with Crippen LogP contribution in [0.15, 0.2) is 23.2 Å². The normalized spacial score (nSPS) is 16.6. The summed E-state index contributed by atoms with van der Waals surface area (Å²) in [7, 11) is 5.12. The number of rotatable bonds is 8. The van der Waals surface area contributed by atoms with Crippen molar-refractivity contribution in [2.45, 2.75) is 26.3 Å². The first-order valence-corrected chi connectivity index (χ1v) is 9.04. The molecule has 1 saturated heterocycles. The van der Waals surface area contributed by atoms with Crippen molar-refractivity contribution in [1.29, 1.82) is 0 Å². The number of aliphatic imine (C=N–C) groups is 1. The zero-order valence-electron chi connectivity index (χ0n) is 16.0. The maximum absolute atomic E-state index is 5.44. The summed E-state index contributed by atoms with van der Waals surface area (Å²) >= 11 is 0. The van der Waals surface area contributed by atoms with Crippen LogP contribution in [0.4, 0.5) is 0 Å². The number of likely N-dealkylation sites (tertiary alicyclic amines) is 1. The van der Waals surface area contributed by atoms with Crippen molar-refractivity contribution in [1.82, 2.24) is 15.5 Å². The van der Waals surface area contributed by atoms with Crippen molar-refractivity contribution in [2.75, 3.05) is 47.4 Å². The van der Waals surface area contributed by atoms with Gasteiger partial charge in [-0.15, -0.1) is 0 Å². The van der Waals surface area contributed by atoms with Crippen LogP contribution in [-0.2, 0) is 6.54 Å². The van der Waals surface area contributed by atoms with Crippen LogP contribution in [0, 0.1) is 5.92 Å². The number of methoxy groups -OCH3 is 2. The minimum absolute atomic E-state index is 0.590. The van der Waals surface area contributed by atoms with Crippen LogP contribution >= 0.6 is 0 Å². The Morgan fingerprint density at radius 3 is 2.60 bits per heavy atom. The van der Waals surface area contributed by atoms with Crippen LogP contribution in [0.2, 0.25) is 0 Å².